The van der Waals surface area contributed by atoms with Crippen molar-refractivity contribution in [3.63, 3.8) is 0 Å². The van der Waals surface area contributed by atoms with Crippen molar-refractivity contribution in [2.45, 2.75) is 38.8 Å². The first-order valence-corrected chi connectivity index (χ1v) is 7.42. The second-order valence-corrected chi connectivity index (χ2v) is 5.72. The largest absolute Gasteiger partial charge is 0.486 e. The van der Waals surface area contributed by atoms with E-state index in [1.54, 1.807) is 6.07 Å². The van der Waals surface area contributed by atoms with Gasteiger partial charge in [0, 0.05) is 6.04 Å². The lowest BCUT2D eigenvalue weighted by Gasteiger charge is -2.11. The second-order valence-electron chi connectivity index (χ2n) is 5.72. The average molecular weight is 285 g/mol. The van der Waals surface area contributed by atoms with Crippen molar-refractivity contribution in [2.75, 3.05) is 0 Å². The third kappa shape index (κ3) is 3.08. The van der Waals surface area contributed by atoms with Gasteiger partial charge in [-0.2, -0.15) is 0 Å². The van der Waals surface area contributed by atoms with Gasteiger partial charge in [0.25, 0.3) is 0 Å². The maximum atomic E-state index is 14.0. The Kier molecular flexibility index (Phi) is 3.93. The maximum Gasteiger partial charge on any atom is 0.165 e. The molecule has 21 heavy (non-hydrogen) atoms. The number of halogens is 1. The van der Waals surface area contributed by atoms with Crippen LogP contribution in [-0.2, 0) is 19.4 Å². The molecule has 110 valence electrons. The summed E-state index contributed by atoms with van der Waals surface area (Å²) < 4.78 is 19.6. The normalized spacial score (nSPS) is 14.8. The lowest BCUT2D eigenvalue weighted by atomic mass is 10.1. The lowest BCUT2D eigenvalue weighted by Crippen LogP contribution is -2.06. The van der Waals surface area contributed by atoms with E-state index < -0.39 is 0 Å². The van der Waals surface area contributed by atoms with Gasteiger partial charge >= 0.3 is 0 Å². The average Bonchev–Trinajstić information content (AvgIpc) is 2.93. The fourth-order valence-electron chi connectivity index (χ4n) is 2.79. The zero-order chi connectivity index (χ0) is 14.8. The van der Waals surface area contributed by atoms with Crippen LogP contribution in [0.25, 0.3) is 0 Å². The number of ether oxygens (including phenoxy) is 1. The van der Waals surface area contributed by atoms with Crippen LogP contribution < -0.4 is 10.5 Å². The molecule has 2 aromatic carbocycles. The highest BCUT2D eigenvalue weighted by Gasteiger charge is 2.12. The molecule has 0 amide bonds. The summed E-state index contributed by atoms with van der Waals surface area (Å²) in [6.45, 7) is 2.22. The van der Waals surface area contributed by atoms with Gasteiger partial charge in [0.1, 0.15) is 6.61 Å². The van der Waals surface area contributed by atoms with E-state index in [0.717, 1.165) is 17.5 Å². The van der Waals surface area contributed by atoms with Crippen LogP contribution >= 0.6 is 0 Å². The minimum absolute atomic E-state index is 0.176. The molecule has 1 aliphatic rings. The Hall–Kier alpha value is -1.87. The van der Waals surface area contributed by atoms with Crippen LogP contribution in [0.5, 0.6) is 5.75 Å². The zero-order valence-corrected chi connectivity index (χ0v) is 12.2. The fraction of sp³-hybridized carbons (Fsp3) is 0.333. The van der Waals surface area contributed by atoms with Crippen molar-refractivity contribution in [1.29, 1.82) is 0 Å². The number of rotatable bonds is 4. The van der Waals surface area contributed by atoms with E-state index in [-0.39, 0.29) is 17.6 Å². The van der Waals surface area contributed by atoms with Crippen LogP contribution in [0.4, 0.5) is 4.39 Å². The Bertz CT molecular complexity index is 652. The molecule has 3 rings (SSSR count). The van der Waals surface area contributed by atoms with E-state index in [9.17, 15) is 4.39 Å². The SMILES string of the molecule is C[C@H](N)c1ccc(OCc2ccc3c(c2)CCC3)c(F)c1. The van der Waals surface area contributed by atoms with E-state index in [1.807, 2.05) is 13.0 Å². The molecule has 1 aliphatic carbocycles. The summed E-state index contributed by atoms with van der Waals surface area (Å²) in [5, 5.41) is 0. The number of fused-ring (bicyclic) bond motifs is 1. The number of benzene rings is 2. The van der Waals surface area contributed by atoms with E-state index in [1.165, 1.54) is 30.0 Å². The van der Waals surface area contributed by atoms with Crippen LogP contribution in [-0.4, -0.2) is 0 Å². The number of aryl methyl sites for hydroxylation is 2. The Balaban J connectivity index is 1.70. The molecule has 0 saturated heterocycles. The number of hydrogen-bond acceptors (Lipinski definition) is 2. The van der Waals surface area contributed by atoms with E-state index >= 15 is 0 Å². The van der Waals surface area contributed by atoms with Crippen LogP contribution in [0.15, 0.2) is 36.4 Å². The van der Waals surface area contributed by atoms with E-state index in [4.69, 9.17) is 10.5 Å². The van der Waals surface area contributed by atoms with Crippen molar-refractivity contribution in [1.82, 2.24) is 0 Å². The first kappa shape index (κ1) is 14.1. The molecule has 0 heterocycles. The molecule has 0 radical (unpaired) electrons. The Morgan fingerprint density at radius 3 is 2.71 bits per heavy atom. The van der Waals surface area contributed by atoms with Crippen molar-refractivity contribution in [2.24, 2.45) is 5.73 Å². The molecule has 0 spiro atoms. The summed E-state index contributed by atoms with van der Waals surface area (Å²) in [6.07, 6.45) is 3.54. The predicted octanol–water partition coefficient (Wildman–Crippen LogP) is 3.91. The second kappa shape index (κ2) is 5.86. The van der Waals surface area contributed by atoms with Crippen LogP contribution in [0.1, 0.15) is 41.6 Å². The summed E-state index contributed by atoms with van der Waals surface area (Å²) >= 11 is 0. The zero-order valence-electron chi connectivity index (χ0n) is 12.2. The standard InChI is InChI=1S/C18H20FNO/c1-12(20)15-7-8-18(17(19)10-15)21-11-13-5-6-14-3-2-4-16(14)9-13/h5-10,12H,2-4,11,20H2,1H3/t12-/m0/s1. The first-order valence-electron chi connectivity index (χ1n) is 7.42. The molecule has 2 aromatic rings. The highest BCUT2D eigenvalue weighted by molar-refractivity contribution is 5.36. The van der Waals surface area contributed by atoms with E-state index in [2.05, 4.69) is 18.2 Å². The third-order valence-electron chi connectivity index (χ3n) is 4.04. The van der Waals surface area contributed by atoms with Crippen molar-refractivity contribution >= 4 is 0 Å². The molecule has 2 N–H and O–H groups in total. The van der Waals surface area contributed by atoms with Gasteiger partial charge in [-0.1, -0.05) is 24.3 Å². The van der Waals surface area contributed by atoms with Crippen molar-refractivity contribution in [3.8, 4) is 5.75 Å². The molecule has 0 unspecified atom stereocenters. The minimum Gasteiger partial charge on any atom is -0.486 e. The van der Waals surface area contributed by atoms with Crippen molar-refractivity contribution < 1.29 is 9.13 Å². The summed E-state index contributed by atoms with van der Waals surface area (Å²) in [4.78, 5) is 0. The molecule has 1 atom stereocenters. The smallest absolute Gasteiger partial charge is 0.165 e. The molecule has 0 fully saturated rings. The van der Waals surface area contributed by atoms with Crippen LogP contribution in [0, 0.1) is 5.82 Å². The van der Waals surface area contributed by atoms with Crippen LogP contribution in [0.2, 0.25) is 0 Å². The van der Waals surface area contributed by atoms with Gasteiger partial charge in [0.05, 0.1) is 0 Å². The highest BCUT2D eigenvalue weighted by Crippen LogP contribution is 2.25. The molecular weight excluding hydrogens is 265 g/mol. The Labute approximate surface area is 124 Å². The predicted molar refractivity (Wildman–Crippen MR) is 81.8 cm³/mol. The van der Waals surface area contributed by atoms with Gasteiger partial charge in [-0.3, -0.25) is 0 Å². The van der Waals surface area contributed by atoms with Crippen molar-refractivity contribution in [3.05, 3.63) is 64.5 Å². The van der Waals surface area contributed by atoms with Gasteiger partial charge in [-0.25, -0.2) is 4.39 Å². The molecular formula is C18H20FNO. The fourth-order valence-corrected chi connectivity index (χ4v) is 2.79. The Morgan fingerprint density at radius 2 is 1.95 bits per heavy atom. The quantitative estimate of drug-likeness (QED) is 0.924. The molecule has 0 aromatic heterocycles. The topological polar surface area (TPSA) is 35.2 Å². The molecule has 0 bridgehead atoms. The van der Waals surface area contributed by atoms with Gasteiger partial charge in [-0.15, -0.1) is 0 Å². The number of nitrogens with two attached hydrogens (primary N) is 1. The molecule has 0 aliphatic heterocycles. The summed E-state index contributed by atoms with van der Waals surface area (Å²) in [7, 11) is 0. The van der Waals surface area contributed by atoms with Gasteiger partial charge in [-0.05, 0) is 60.6 Å². The summed E-state index contributed by atoms with van der Waals surface area (Å²) in [5.74, 6) is -0.0779. The van der Waals surface area contributed by atoms with Crippen LogP contribution in [0.3, 0.4) is 0 Å². The minimum atomic E-state index is -0.356. The first-order chi connectivity index (χ1) is 10.1. The monoisotopic (exact) mass is 285 g/mol. The lowest BCUT2D eigenvalue weighted by molar-refractivity contribution is 0.290. The maximum absolute atomic E-state index is 14.0. The Morgan fingerprint density at radius 1 is 1.14 bits per heavy atom. The van der Waals surface area contributed by atoms with Gasteiger partial charge < -0.3 is 10.5 Å². The summed E-state index contributed by atoms with van der Waals surface area (Å²) in [5.41, 5.74) is 10.4. The summed E-state index contributed by atoms with van der Waals surface area (Å²) in [6, 6.07) is 11.1. The molecule has 0 saturated carbocycles. The van der Waals surface area contributed by atoms with E-state index in [0.29, 0.717) is 6.61 Å². The van der Waals surface area contributed by atoms with Gasteiger partial charge in [0.15, 0.2) is 11.6 Å². The third-order valence-corrected chi connectivity index (χ3v) is 4.04. The highest BCUT2D eigenvalue weighted by atomic mass is 19.1. The molecule has 3 heteroatoms. The number of hydrogen-bond donors (Lipinski definition) is 1. The molecule has 2 nitrogen and oxygen atoms in total. The van der Waals surface area contributed by atoms with Gasteiger partial charge in [0.2, 0.25) is 0 Å².